The number of hydrogen-bond acceptors (Lipinski definition) is 3. The summed E-state index contributed by atoms with van der Waals surface area (Å²) in [6, 6.07) is 0.409. The van der Waals surface area contributed by atoms with Crippen LogP contribution < -0.4 is 0 Å². The Labute approximate surface area is 65.8 Å². The van der Waals surface area contributed by atoms with Gasteiger partial charge in [0.05, 0.1) is 6.04 Å². The van der Waals surface area contributed by atoms with Gasteiger partial charge in [0.15, 0.2) is 0 Å². The summed E-state index contributed by atoms with van der Waals surface area (Å²) in [7, 11) is 2.11. The summed E-state index contributed by atoms with van der Waals surface area (Å²) in [5.41, 5.74) is 0. The van der Waals surface area contributed by atoms with Gasteiger partial charge in [-0.2, -0.15) is 0 Å². The molecule has 11 heavy (non-hydrogen) atoms. The van der Waals surface area contributed by atoms with E-state index in [0.717, 1.165) is 18.9 Å². The molecular weight excluding hydrogens is 140 g/mol. The van der Waals surface area contributed by atoms with E-state index in [1.54, 1.807) is 6.33 Å². The first kappa shape index (κ1) is 6.79. The number of hydrogen-bond donors (Lipinski definition) is 0. The van der Waals surface area contributed by atoms with Crippen molar-refractivity contribution in [2.45, 2.75) is 19.5 Å². The fourth-order valence-corrected chi connectivity index (χ4v) is 1.42. The van der Waals surface area contributed by atoms with Gasteiger partial charge < -0.3 is 4.57 Å². The fourth-order valence-electron chi connectivity index (χ4n) is 1.42. The molecule has 1 aliphatic rings. The van der Waals surface area contributed by atoms with Crippen molar-refractivity contribution in [1.82, 2.24) is 19.7 Å². The highest BCUT2D eigenvalue weighted by atomic mass is 15.3. The Kier molecular flexibility index (Phi) is 1.42. The maximum Gasteiger partial charge on any atom is 0.149 e. The topological polar surface area (TPSA) is 34.0 Å². The van der Waals surface area contributed by atoms with Crippen LogP contribution in [0.5, 0.6) is 0 Å². The summed E-state index contributed by atoms with van der Waals surface area (Å²) < 4.78 is 2.12. The molecule has 0 aromatic carbocycles. The summed E-state index contributed by atoms with van der Waals surface area (Å²) in [5.74, 6) is 1.08. The minimum Gasteiger partial charge on any atom is -0.315 e. The fraction of sp³-hybridized carbons (Fsp3) is 0.714. The first-order chi connectivity index (χ1) is 5.29. The first-order valence-electron chi connectivity index (χ1n) is 3.87. The van der Waals surface area contributed by atoms with Gasteiger partial charge in [-0.1, -0.05) is 0 Å². The maximum absolute atomic E-state index is 4.06. The molecule has 0 N–H and O–H groups in total. The smallest absolute Gasteiger partial charge is 0.149 e. The monoisotopic (exact) mass is 152 g/mol. The number of rotatable bonds is 0. The molecule has 2 heterocycles. The van der Waals surface area contributed by atoms with Gasteiger partial charge >= 0.3 is 0 Å². The molecule has 1 aromatic rings. The van der Waals surface area contributed by atoms with Crippen LogP contribution in [0.3, 0.4) is 0 Å². The van der Waals surface area contributed by atoms with Gasteiger partial charge in [0.2, 0.25) is 0 Å². The third-order valence-electron chi connectivity index (χ3n) is 2.37. The van der Waals surface area contributed by atoms with Crippen LogP contribution in [0, 0.1) is 0 Å². The maximum atomic E-state index is 4.06. The Morgan fingerprint density at radius 3 is 3.18 bits per heavy atom. The largest absolute Gasteiger partial charge is 0.315 e. The molecule has 0 fully saturated rings. The van der Waals surface area contributed by atoms with E-state index in [1.165, 1.54) is 0 Å². The molecule has 0 saturated heterocycles. The Morgan fingerprint density at radius 1 is 1.55 bits per heavy atom. The van der Waals surface area contributed by atoms with Crippen LogP contribution in [0.4, 0.5) is 0 Å². The van der Waals surface area contributed by atoms with Crippen molar-refractivity contribution >= 4 is 0 Å². The summed E-state index contributed by atoms with van der Waals surface area (Å²) in [5, 5.41) is 7.93. The van der Waals surface area contributed by atoms with E-state index in [9.17, 15) is 0 Å². The average molecular weight is 152 g/mol. The lowest BCUT2D eigenvalue weighted by Gasteiger charge is -2.29. The van der Waals surface area contributed by atoms with E-state index in [-0.39, 0.29) is 0 Å². The molecule has 0 radical (unpaired) electrons. The lowest BCUT2D eigenvalue weighted by Crippen LogP contribution is -2.33. The number of fused-ring (bicyclic) bond motifs is 1. The average Bonchev–Trinajstić information content (AvgIpc) is 2.45. The molecule has 1 aromatic heterocycles. The Balaban J connectivity index is 2.38. The third-order valence-corrected chi connectivity index (χ3v) is 2.37. The van der Waals surface area contributed by atoms with Gasteiger partial charge in [-0.25, -0.2) is 0 Å². The number of nitrogens with zero attached hydrogens (tertiary/aromatic N) is 4. The van der Waals surface area contributed by atoms with Gasteiger partial charge in [0, 0.05) is 13.1 Å². The van der Waals surface area contributed by atoms with E-state index >= 15 is 0 Å². The summed E-state index contributed by atoms with van der Waals surface area (Å²) in [6.07, 6.45) is 1.80. The Hall–Kier alpha value is -0.900. The summed E-state index contributed by atoms with van der Waals surface area (Å²) in [4.78, 5) is 2.28. The van der Waals surface area contributed by atoms with Gasteiger partial charge in [-0.3, -0.25) is 4.90 Å². The van der Waals surface area contributed by atoms with Crippen molar-refractivity contribution in [2.75, 3.05) is 13.6 Å². The van der Waals surface area contributed by atoms with E-state index in [1.807, 2.05) is 0 Å². The van der Waals surface area contributed by atoms with Crippen molar-refractivity contribution in [3.8, 4) is 0 Å². The van der Waals surface area contributed by atoms with Crippen LogP contribution in [0.1, 0.15) is 18.8 Å². The molecule has 2 rings (SSSR count). The van der Waals surface area contributed by atoms with Gasteiger partial charge in [-0.05, 0) is 14.0 Å². The molecule has 0 spiro atoms. The molecule has 4 heteroatoms. The second kappa shape index (κ2) is 2.30. The molecule has 1 atom stereocenters. The van der Waals surface area contributed by atoms with Crippen molar-refractivity contribution in [3.05, 3.63) is 12.2 Å². The highest BCUT2D eigenvalue weighted by Gasteiger charge is 2.21. The van der Waals surface area contributed by atoms with Crippen LogP contribution in [-0.2, 0) is 6.54 Å². The molecule has 0 amide bonds. The Bertz CT molecular complexity index is 255. The zero-order chi connectivity index (χ0) is 7.84. The van der Waals surface area contributed by atoms with Crippen molar-refractivity contribution in [2.24, 2.45) is 0 Å². The van der Waals surface area contributed by atoms with Crippen LogP contribution in [-0.4, -0.2) is 33.3 Å². The minimum atomic E-state index is 0.409. The zero-order valence-corrected chi connectivity index (χ0v) is 6.86. The van der Waals surface area contributed by atoms with Crippen LogP contribution in [0.25, 0.3) is 0 Å². The molecule has 0 bridgehead atoms. The normalized spacial score (nSPS) is 25.1. The summed E-state index contributed by atoms with van der Waals surface area (Å²) >= 11 is 0. The van der Waals surface area contributed by atoms with Crippen molar-refractivity contribution in [1.29, 1.82) is 0 Å². The zero-order valence-electron chi connectivity index (χ0n) is 6.86. The van der Waals surface area contributed by atoms with Crippen molar-refractivity contribution in [3.63, 3.8) is 0 Å². The Morgan fingerprint density at radius 2 is 2.36 bits per heavy atom. The minimum absolute atomic E-state index is 0.409. The quantitative estimate of drug-likeness (QED) is 0.535. The second-order valence-corrected chi connectivity index (χ2v) is 3.04. The molecular formula is C7H12N4. The van der Waals surface area contributed by atoms with Gasteiger partial charge in [0.1, 0.15) is 12.2 Å². The van der Waals surface area contributed by atoms with Crippen LogP contribution >= 0.6 is 0 Å². The molecule has 1 unspecified atom stereocenters. The lowest BCUT2D eigenvalue weighted by atomic mass is 10.2. The molecule has 0 aliphatic carbocycles. The highest BCUT2D eigenvalue weighted by molar-refractivity contribution is 4.96. The third kappa shape index (κ3) is 0.939. The van der Waals surface area contributed by atoms with Crippen LogP contribution in [0.2, 0.25) is 0 Å². The molecule has 0 saturated carbocycles. The van der Waals surface area contributed by atoms with Gasteiger partial charge in [0.25, 0.3) is 0 Å². The molecule has 1 aliphatic heterocycles. The van der Waals surface area contributed by atoms with Crippen molar-refractivity contribution < 1.29 is 0 Å². The van der Waals surface area contributed by atoms with E-state index in [0.29, 0.717) is 6.04 Å². The standard InChI is InChI=1S/C7H12N4/c1-6-7-9-8-5-11(7)4-3-10(6)2/h5-6H,3-4H2,1-2H3. The van der Waals surface area contributed by atoms with E-state index in [4.69, 9.17) is 0 Å². The van der Waals surface area contributed by atoms with Gasteiger partial charge in [-0.15, -0.1) is 10.2 Å². The predicted molar refractivity (Wildman–Crippen MR) is 41.1 cm³/mol. The lowest BCUT2D eigenvalue weighted by molar-refractivity contribution is 0.205. The summed E-state index contributed by atoms with van der Waals surface area (Å²) in [6.45, 7) is 4.26. The highest BCUT2D eigenvalue weighted by Crippen LogP contribution is 2.19. The number of likely N-dealkylation sites (N-methyl/N-ethyl adjacent to an activating group) is 1. The first-order valence-corrected chi connectivity index (χ1v) is 3.87. The van der Waals surface area contributed by atoms with Crippen LogP contribution in [0.15, 0.2) is 6.33 Å². The molecule has 4 nitrogen and oxygen atoms in total. The SMILES string of the molecule is CC1c2nncn2CCN1C. The number of aromatic nitrogens is 3. The second-order valence-electron chi connectivity index (χ2n) is 3.04. The van der Waals surface area contributed by atoms with E-state index < -0.39 is 0 Å². The predicted octanol–water partition coefficient (Wildman–Crippen LogP) is 0.284. The molecule has 60 valence electrons. The van der Waals surface area contributed by atoms with E-state index in [2.05, 4.69) is 33.6 Å².